The number of hydrogen-bond acceptors (Lipinski definition) is 2. The third-order valence-electron chi connectivity index (χ3n) is 4.07. The summed E-state index contributed by atoms with van der Waals surface area (Å²) in [5.41, 5.74) is 1.41. The first-order valence-electron chi connectivity index (χ1n) is 8.02. The minimum Gasteiger partial charge on any atom is -0.357 e. The number of halogens is 3. The van der Waals surface area contributed by atoms with Crippen LogP contribution in [-0.2, 0) is 22.6 Å². The second kappa shape index (κ2) is 9.26. The molecule has 4 nitrogen and oxygen atoms in total. The predicted octanol–water partition coefficient (Wildman–Crippen LogP) is 4.35. The molecule has 0 saturated heterocycles. The van der Waals surface area contributed by atoms with Gasteiger partial charge in [-0.1, -0.05) is 53.0 Å². The molecular formula is C19H19Cl3N2O2. The van der Waals surface area contributed by atoms with Crippen LogP contribution >= 0.6 is 34.8 Å². The third-order valence-corrected chi connectivity index (χ3v) is 5.03. The molecule has 138 valence electrons. The lowest BCUT2D eigenvalue weighted by atomic mass is 10.1. The molecule has 1 atom stereocenters. The number of likely N-dealkylation sites (N-methyl/N-ethyl adjacent to an activating group) is 1. The largest absolute Gasteiger partial charge is 0.357 e. The summed E-state index contributed by atoms with van der Waals surface area (Å²) in [4.78, 5) is 26.5. The molecule has 26 heavy (non-hydrogen) atoms. The van der Waals surface area contributed by atoms with Crippen molar-refractivity contribution in [3.63, 3.8) is 0 Å². The van der Waals surface area contributed by atoms with E-state index >= 15 is 0 Å². The van der Waals surface area contributed by atoms with Crippen LogP contribution in [-0.4, -0.2) is 29.8 Å². The first-order chi connectivity index (χ1) is 12.3. The zero-order valence-electron chi connectivity index (χ0n) is 14.4. The van der Waals surface area contributed by atoms with Crippen LogP contribution < -0.4 is 5.32 Å². The van der Waals surface area contributed by atoms with Crippen molar-refractivity contribution in [2.75, 3.05) is 7.05 Å². The van der Waals surface area contributed by atoms with Crippen LogP contribution in [0, 0.1) is 0 Å². The van der Waals surface area contributed by atoms with Gasteiger partial charge in [-0.15, -0.1) is 0 Å². The van der Waals surface area contributed by atoms with E-state index in [4.69, 9.17) is 34.8 Å². The Kier molecular flexibility index (Phi) is 7.33. The van der Waals surface area contributed by atoms with Crippen molar-refractivity contribution >= 4 is 46.6 Å². The summed E-state index contributed by atoms with van der Waals surface area (Å²) >= 11 is 18.4. The first-order valence-corrected chi connectivity index (χ1v) is 9.15. The van der Waals surface area contributed by atoms with Gasteiger partial charge in [0.05, 0.1) is 6.42 Å². The highest BCUT2D eigenvalue weighted by atomic mass is 35.5. The van der Waals surface area contributed by atoms with Crippen molar-refractivity contribution in [1.29, 1.82) is 0 Å². The Morgan fingerprint density at radius 1 is 1.04 bits per heavy atom. The number of benzene rings is 2. The Labute approximate surface area is 168 Å². The summed E-state index contributed by atoms with van der Waals surface area (Å²) in [7, 11) is 1.53. The predicted molar refractivity (Wildman–Crippen MR) is 106 cm³/mol. The van der Waals surface area contributed by atoms with E-state index in [0.29, 0.717) is 20.6 Å². The molecule has 2 aromatic rings. The van der Waals surface area contributed by atoms with Crippen LogP contribution in [0.2, 0.25) is 15.1 Å². The maximum atomic E-state index is 12.9. The van der Waals surface area contributed by atoms with Gasteiger partial charge in [0.2, 0.25) is 11.8 Å². The van der Waals surface area contributed by atoms with Crippen molar-refractivity contribution in [3.8, 4) is 0 Å². The summed E-state index contributed by atoms with van der Waals surface area (Å²) in [5, 5.41) is 4.07. The van der Waals surface area contributed by atoms with Gasteiger partial charge in [0.15, 0.2) is 0 Å². The molecule has 0 fully saturated rings. The van der Waals surface area contributed by atoms with E-state index in [9.17, 15) is 9.59 Å². The normalized spacial score (nSPS) is 11.7. The first kappa shape index (κ1) is 20.6. The van der Waals surface area contributed by atoms with Gasteiger partial charge >= 0.3 is 0 Å². The maximum absolute atomic E-state index is 12.9. The molecule has 0 aliphatic rings. The highest BCUT2D eigenvalue weighted by molar-refractivity contribution is 6.36. The second-order valence-corrected chi connectivity index (χ2v) is 7.07. The smallest absolute Gasteiger partial charge is 0.242 e. The quantitative estimate of drug-likeness (QED) is 0.765. The number of hydrogen-bond donors (Lipinski definition) is 1. The highest BCUT2D eigenvalue weighted by Crippen LogP contribution is 2.27. The third kappa shape index (κ3) is 5.13. The average molecular weight is 414 g/mol. The molecule has 0 aromatic heterocycles. The summed E-state index contributed by atoms with van der Waals surface area (Å²) in [6, 6.07) is 11.5. The van der Waals surface area contributed by atoms with E-state index in [1.54, 1.807) is 49.4 Å². The van der Waals surface area contributed by atoms with Crippen molar-refractivity contribution < 1.29 is 9.59 Å². The number of amides is 2. The van der Waals surface area contributed by atoms with E-state index in [0.717, 1.165) is 5.56 Å². The van der Waals surface area contributed by atoms with Gasteiger partial charge in [0, 0.05) is 34.2 Å². The molecule has 0 bridgehead atoms. The Bertz CT molecular complexity index is 774. The standard InChI is InChI=1S/C19H19Cl3N2O2/c1-12(19(26)23-2)24(11-15-16(21)4-3-5-17(15)22)18(25)10-13-6-8-14(20)9-7-13/h3-9,12H,10-11H2,1-2H3,(H,23,26)/t12-/m1/s1. The molecule has 0 unspecified atom stereocenters. The van der Waals surface area contributed by atoms with Gasteiger partial charge in [-0.05, 0) is 36.8 Å². The average Bonchev–Trinajstić information content (AvgIpc) is 2.62. The summed E-state index contributed by atoms with van der Waals surface area (Å²) in [6.45, 7) is 1.81. The van der Waals surface area contributed by atoms with E-state index in [1.165, 1.54) is 11.9 Å². The van der Waals surface area contributed by atoms with Gasteiger partial charge < -0.3 is 10.2 Å². The number of nitrogens with one attached hydrogen (secondary N) is 1. The molecule has 2 amide bonds. The monoisotopic (exact) mass is 412 g/mol. The van der Waals surface area contributed by atoms with Crippen LogP contribution in [0.5, 0.6) is 0 Å². The van der Waals surface area contributed by atoms with Crippen LogP contribution in [0.4, 0.5) is 0 Å². The highest BCUT2D eigenvalue weighted by Gasteiger charge is 2.26. The molecule has 2 aromatic carbocycles. The number of rotatable bonds is 6. The topological polar surface area (TPSA) is 49.4 Å². The summed E-state index contributed by atoms with van der Waals surface area (Å²) in [5.74, 6) is -0.475. The SMILES string of the molecule is CNC(=O)[C@@H](C)N(Cc1c(Cl)cccc1Cl)C(=O)Cc1ccc(Cl)cc1. The molecule has 0 saturated carbocycles. The minimum atomic E-state index is -0.674. The van der Waals surface area contributed by atoms with Crippen molar-refractivity contribution in [3.05, 3.63) is 68.7 Å². The van der Waals surface area contributed by atoms with Gasteiger partial charge in [-0.25, -0.2) is 0 Å². The molecule has 0 radical (unpaired) electrons. The lowest BCUT2D eigenvalue weighted by Crippen LogP contribution is -2.47. The Hall–Kier alpha value is -1.75. The van der Waals surface area contributed by atoms with Gasteiger partial charge in [0.1, 0.15) is 6.04 Å². The molecular weight excluding hydrogens is 395 g/mol. The molecule has 0 aliphatic carbocycles. The van der Waals surface area contributed by atoms with Crippen LogP contribution in [0.1, 0.15) is 18.1 Å². The van der Waals surface area contributed by atoms with Crippen molar-refractivity contribution in [1.82, 2.24) is 10.2 Å². The minimum absolute atomic E-state index is 0.138. The zero-order valence-corrected chi connectivity index (χ0v) is 16.7. The molecule has 0 spiro atoms. The fourth-order valence-electron chi connectivity index (χ4n) is 2.52. The fraction of sp³-hybridized carbons (Fsp3) is 0.263. The lowest BCUT2D eigenvalue weighted by Gasteiger charge is -2.29. The number of carbonyl (C=O) groups excluding carboxylic acids is 2. The maximum Gasteiger partial charge on any atom is 0.242 e. The van der Waals surface area contributed by atoms with E-state index in [-0.39, 0.29) is 24.8 Å². The van der Waals surface area contributed by atoms with Gasteiger partial charge in [-0.3, -0.25) is 9.59 Å². The number of carbonyl (C=O) groups is 2. The fourth-order valence-corrected chi connectivity index (χ4v) is 3.17. The number of nitrogens with zero attached hydrogens (tertiary/aromatic N) is 1. The second-order valence-electron chi connectivity index (χ2n) is 5.82. The summed E-state index contributed by atoms with van der Waals surface area (Å²) in [6.07, 6.45) is 0.139. The van der Waals surface area contributed by atoms with Crippen LogP contribution in [0.3, 0.4) is 0 Å². The van der Waals surface area contributed by atoms with E-state index in [2.05, 4.69) is 5.32 Å². The Balaban J connectivity index is 2.29. The van der Waals surface area contributed by atoms with Gasteiger partial charge in [-0.2, -0.15) is 0 Å². The molecule has 1 N–H and O–H groups in total. The molecule has 2 rings (SSSR count). The Morgan fingerprint density at radius 2 is 1.62 bits per heavy atom. The van der Waals surface area contributed by atoms with E-state index in [1.807, 2.05) is 0 Å². The van der Waals surface area contributed by atoms with Crippen molar-refractivity contribution in [2.24, 2.45) is 0 Å². The molecule has 7 heteroatoms. The molecule has 0 heterocycles. The van der Waals surface area contributed by atoms with Gasteiger partial charge in [0.25, 0.3) is 0 Å². The Morgan fingerprint density at radius 3 is 2.15 bits per heavy atom. The lowest BCUT2D eigenvalue weighted by molar-refractivity contribution is -0.139. The van der Waals surface area contributed by atoms with Crippen LogP contribution in [0.25, 0.3) is 0 Å². The summed E-state index contributed by atoms with van der Waals surface area (Å²) < 4.78 is 0. The molecule has 0 aliphatic heterocycles. The van der Waals surface area contributed by atoms with Crippen molar-refractivity contribution in [2.45, 2.75) is 25.9 Å². The van der Waals surface area contributed by atoms with Crippen LogP contribution in [0.15, 0.2) is 42.5 Å². The zero-order chi connectivity index (χ0) is 19.3. The van der Waals surface area contributed by atoms with E-state index < -0.39 is 6.04 Å².